The molecule has 0 radical (unpaired) electrons. The molecule has 1 aliphatic rings. The fourth-order valence-corrected chi connectivity index (χ4v) is 6.21. The van der Waals surface area contributed by atoms with Crippen molar-refractivity contribution in [3.05, 3.63) is 0 Å². The molecule has 242 valence electrons. The van der Waals surface area contributed by atoms with Crippen molar-refractivity contribution in [2.45, 2.75) is 180 Å². The number of unbranched alkanes of at least 4 members (excludes halogenated alkanes) is 18. The van der Waals surface area contributed by atoms with Gasteiger partial charge in [-0.1, -0.05) is 129 Å². The van der Waals surface area contributed by atoms with E-state index < -0.39 is 0 Å². The number of rotatable bonds is 30. The number of esters is 2. The molecule has 1 aliphatic carbocycles. The van der Waals surface area contributed by atoms with Crippen LogP contribution in [0.5, 0.6) is 0 Å². The van der Waals surface area contributed by atoms with Gasteiger partial charge in [0.1, 0.15) is 6.10 Å². The summed E-state index contributed by atoms with van der Waals surface area (Å²) in [5, 5.41) is 0. The molecule has 3 unspecified atom stereocenters. The molecule has 0 amide bonds. The smallest absolute Gasteiger partial charge is 0.306 e. The third-order valence-corrected chi connectivity index (χ3v) is 9.00. The first-order chi connectivity index (χ1) is 20.0. The Morgan fingerprint density at radius 3 is 1.66 bits per heavy atom. The highest BCUT2D eigenvalue weighted by Crippen LogP contribution is 2.47. The predicted octanol–water partition coefficient (Wildman–Crippen LogP) is 10.0. The fraction of sp³-hybridized carbons (Fsp3) is 0.944. The summed E-state index contributed by atoms with van der Waals surface area (Å²) >= 11 is 0. The Labute approximate surface area is 255 Å². The summed E-state index contributed by atoms with van der Waals surface area (Å²) in [5.74, 6) is 1.13. The summed E-state index contributed by atoms with van der Waals surface area (Å²) in [6.07, 6.45) is 32.1. The van der Waals surface area contributed by atoms with Crippen molar-refractivity contribution in [1.82, 2.24) is 4.90 Å². The van der Waals surface area contributed by atoms with Gasteiger partial charge in [-0.3, -0.25) is 9.59 Å². The minimum Gasteiger partial charge on any atom is -0.469 e. The van der Waals surface area contributed by atoms with Crippen LogP contribution in [-0.2, 0) is 19.1 Å². The van der Waals surface area contributed by atoms with Crippen LogP contribution in [0.1, 0.15) is 174 Å². The van der Waals surface area contributed by atoms with E-state index in [-0.39, 0.29) is 18.0 Å². The summed E-state index contributed by atoms with van der Waals surface area (Å²) in [5.41, 5.74) is 0. The lowest BCUT2D eigenvalue weighted by atomic mass is 10.0. The zero-order valence-electron chi connectivity index (χ0n) is 27.9. The summed E-state index contributed by atoms with van der Waals surface area (Å²) in [7, 11) is 5.55. The van der Waals surface area contributed by atoms with Crippen LogP contribution in [0.25, 0.3) is 0 Å². The summed E-state index contributed by atoms with van der Waals surface area (Å²) < 4.78 is 10.8. The van der Waals surface area contributed by atoms with Gasteiger partial charge in [0, 0.05) is 12.8 Å². The van der Waals surface area contributed by atoms with Crippen LogP contribution in [-0.4, -0.2) is 50.7 Å². The second kappa shape index (κ2) is 26.5. The van der Waals surface area contributed by atoms with Crippen molar-refractivity contribution in [3.63, 3.8) is 0 Å². The van der Waals surface area contributed by atoms with E-state index in [0.717, 1.165) is 38.6 Å². The second-order valence-corrected chi connectivity index (χ2v) is 13.2. The Kier molecular flexibility index (Phi) is 24.5. The van der Waals surface area contributed by atoms with Crippen molar-refractivity contribution in [1.29, 1.82) is 0 Å². The molecule has 3 atom stereocenters. The average molecular weight is 580 g/mol. The molecule has 1 fully saturated rings. The van der Waals surface area contributed by atoms with Gasteiger partial charge >= 0.3 is 11.9 Å². The molecule has 0 aromatic carbocycles. The highest BCUT2D eigenvalue weighted by Gasteiger charge is 2.43. The maximum atomic E-state index is 12.6. The molecule has 0 N–H and O–H groups in total. The molecule has 0 aromatic rings. The molecule has 0 aliphatic heterocycles. The van der Waals surface area contributed by atoms with Gasteiger partial charge < -0.3 is 14.4 Å². The van der Waals surface area contributed by atoms with E-state index >= 15 is 0 Å². The maximum Gasteiger partial charge on any atom is 0.306 e. The van der Waals surface area contributed by atoms with E-state index in [2.05, 4.69) is 11.8 Å². The Bertz CT molecular complexity index is 623. The minimum absolute atomic E-state index is 0.00690. The van der Waals surface area contributed by atoms with E-state index in [0.29, 0.717) is 24.7 Å². The molecular formula is C36H69NO4. The Morgan fingerprint density at radius 2 is 1.15 bits per heavy atom. The molecule has 1 saturated carbocycles. The molecule has 0 aromatic heterocycles. The zero-order chi connectivity index (χ0) is 30.0. The van der Waals surface area contributed by atoms with E-state index in [9.17, 15) is 9.59 Å². The largest absolute Gasteiger partial charge is 0.469 e. The first-order valence-corrected chi connectivity index (χ1v) is 17.9. The molecule has 1 rings (SSSR count). The molecule has 5 heteroatoms. The number of carbonyl (C=O) groups excluding carboxylic acids is 2. The number of hydrogen-bond donors (Lipinski definition) is 0. The van der Waals surface area contributed by atoms with E-state index in [1.54, 1.807) is 0 Å². The standard InChI is InChI=1S/C36H69NO4/c1-5-6-7-8-9-10-11-12-13-14-15-16-17-18-19-20-23-27-34(41-36(39)29-25-30-37(2)3)33-31-32(33)26-22-21-24-28-35(38)40-4/h32-34H,5-31H2,1-4H3. The monoisotopic (exact) mass is 580 g/mol. The van der Waals surface area contributed by atoms with Crippen LogP contribution in [0.4, 0.5) is 0 Å². The van der Waals surface area contributed by atoms with Gasteiger partial charge in [-0.2, -0.15) is 0 Å². The molecule has 0 heterocycles. The number of methoxy groups -OCH3 is 1. The average Bonchev–Trinajstić information content (AvgIpc) is 3.73. The maximum absolute atomic E-state index is 12.6. The van der Waals surface area contributed by atoms with Gasteiger partial charge in [0.2, 0.25) is 0 Å². The van der Waals surface area contributed by atoms with Crippen LogP contribution in [0.3, 0.4) is 0 Å². The van der Waals surface area contributed by atoms with Gasteiger partial charge in [-0.15, -0.1) is 0 Å². The normalized spacial score (nSPS) is 17.1. The number of nitrogens with zero attached hydrogens (tertiary/aromatic N) is 1. The highest BCUT2D eigenvalue weighted by molar-refractivity contribution is 5.69. The Morgan fingerprint density at radius 1 is 0.659 bits per heavy atom. The first-order valence-electron chi connectivity index (χ1n) is 17.9. The topological polar surface area (TPSA) is 55.8 Å². The van der Waals surface area contributed by atoms with Gasteiger partial charge in [0.25, 0.3) is 0 Å². The number of ether oxygens (including phenoxy) is 2. The van der Waals surface area contributed by atoms with Crippen LogP contribution in [0.15, 0.2) is 0 Å². The number of carbonyl (C=O) groups is 2. The lowest BCUT2D eigenvalue weighted by Crippen LogP contribution is -2.22. The summed E-state index contributed by atoms with van der Waals surface area (Å²) in [6, 6.07) is 0. The van der Waals surface area contributed by atoms with Crippen molar-refractivity contribution >= 4 is 11.9 Å². The van der Waals surface area contributed by atoms with Crippen LogP contribution in [0, 0.1) is 11.8 Å². The van der Waals surface area contributed by atoms with E-state index in [1.165, 1.54) is 129 Å². The van der Waals surface area contributed by atoms with Crippen LogP contribution >= 0.6 is 0 Å². The third-order valence-electron chi connectivity index (χ3n) is 9.00. The molecule has 5 nitrogen and oxygen atoms in total. The van der Waals surface area contributed by atoms with Gasteiger partial charge in [0.15, 0.2) is 0 Å². The first kappa shape index (κ1) is 37.9. The lowest BCUT2D eigenvalue weighted by Gasteiger charge is -2.19. The Hall–Kier alpha value is -1.10. The SMILES string of the molecule is CCCCCCCCCCCCCCCCCCCC(OC(=O)CCCN(C)C)C1CC1CCCCCC(=O)OC. The summed E-state index contributed by atoms with van der Waals surface area (Å²) in [6.45, 7) is 3.22. The summed E-state index contributed by atoms with van der Waals surface area (Å²) in [4.78, 5) is 26.0. The highest BCUT2D eigenvalue weighted by atomic mass is 16.5. The lowest BCUT2D eigenvalue weighted by molar-refractivity contribution is -0.151. The molecule has 41 heavy (non-hydrogen) atoms. The second-order valence-electron chi connectivity index (χ2n) is 13.2. The van der Waals surface area contributed by atoms with Crippen LogP contribution < -0.4 is 0 Å². The van der Waals surface area contributed by atoms with E-state index in [4.69, 9.17) is 9.47 Å². The van der Waals surface area contributed by atoms with Crippen molar-refractivity contribution in [3.8, 4) is 0 Å². The quantitative estimate of drug-likeness (QED) is 0.0626. The van der Waals surface area contributed by atoms with Crippen molar-refractivity contribution < 1.29 is 19.1 Å². The number of hydrogen-bond acceptors (Lipinski definition) is 5. The van der Waals surface area contributed by atoms with E-state index in [1.807, 2.05) is 14.1 Å². The fourth-order valence-electron chi connectivity index (χ4n) is 6.21. The molecule has 0 bridgehead atoms. The molecule has 0 saturated heterocycles. The van der Waals surface area contributed by atoms with Crippen molar-refractivity contribution in [2.75, 3.05) is 27.7 Å². The van der Waals surface area contributed by atoms with Gasteiger partial charge in [-0.05, 0) is 64.6 Å². The minimum atomic E-state index is -0.107. The zero-order valence-corrected chi connectivity index (χ0v) is 27.9. The Balaban J connectivity index is 2.12. The van der Waals surface area contributed by atoms with Gasteiger partial charge in [0.05, 0.1) is 7.11 Å². The van der Waals surface area contributed by atoms with Gasteiger partial charge in [-0.25, -0.2) is 0 Å². The third kappa shape index (κ3) is 23.1. The molecular weight excluding hydrogens is 510 g/mol. The predicted molar refractivity (Wildman–Crippen MR) is 173 cm³/mol. The van der Waals surface area contributed by atoms with Crippen molar-refractivity contribution in [2.24, 2.45) is 11.8 Å². The van der Waals surface area contributed by atoms with Crippen LogP contribution in [0.2, 0.25) is 0 Å². The molecule has 0 spiro atoms.